The summed E-state index contributed by atoms with van der Waals surface area (Å²) in [4.78, 5) is 16.8. The van der Waals surface area contributed by atoms with Crippen molar-refractivity contribution in [3.63, 3.8) is 0 Å². The fraction of sp³-hybridized carbons (Fsp3) is 0.429. The van der Waals surface area contributed by atoms with Gasteiger partial charge in [-0.2, -0.15) is 0 Å². The molecule has 3 rings (SSSR count). The molecule has 1 saturated heterocycles. The predicted octanol–water partition coefficient (Wildman–Crippen LogP) is 1.07. The molecule has 2 aromatic heterocycles. The van der Waals surface area contributed by atoms with E-state index in [1.54, 1.807) is 24.8 Å². The Kier molecular flexibility index (Phi) is 4.12. The van der Waals surface area contributed by atoms with Gasteiger partial charge in [-0.25, -0.2) is 22.7 Å². The average Bonchev–Trinajstić information content (AvgIpc) is 2.55. The van der Waals surface area contributed by atoms with Crippen LogP contribution in [-0.2, 0) is 10.0 Å². The van der Waals surface area contributed by atoms with E-state index in [-0.39, 0.29) is 5.92 Å². The van der Waals surface area contributed by atoms with Crippen LogP contribution in [0.25, 0.3) is 11.3 Å². The summed E-state index contributed by atoms with van der Waals surface area (Å²) in [5.74, 6) is 0.0945. The molecule has 0 aliphatic carbocycles. The molecule has 7 nitrogen and oxygen atoms in total. The molecule has 1 fully saturated rings. The summed E-state index contributed by atoms with van der Waals surface area (Å²) in [7, 11) is -3.15. The van der Waals surface area contributed by atoms with Crippen molar-refractivity contribution >= 4 is 10.0 Å². The minimum absolute atomic E-state index is 0.0945. The normalized spacial score (nSPS) is 20.0. The van der Waals surface area contributed by atoms with Crippen LogP contribution < -0.4 is 0 Å². The van der Waals surface area contributed by atoms with Crippen LogP contribution in [0.4, 0.5) is 0 Å². The maximum atomic E-state index is 11.7. The van der Waals surface area contributed by atoms with Crippen molar-refractivity contribution in [3.05, 3.63) is 36.8 Å². The summed E-state index contributed by atoms with van der Waals surface area (Å²) in [6.07, 6.45) is 11.3. The van der Waals surface area contributed by atoms with Gasteiger partial charge in [0, 0.05) is 43.2 Å². The average molecular weight is 319 g/mol. The highest BCUT2D eigenvalue weighted by Crippen LogP contribution is 2.27. The van der Waals surface area contributed by atoms with Gasteiger partial charge in [0.15, 0.2) is 0 Å². The molecule has 0 amide bonds. The molecule has 1 aliphatic rings. The van der Waals surface area contributed by atoms with Gasteiger partial charge in [-0.05, 0) is 12.8 Å². The SMILES string of the molecule is CS(=O)(=O)N1CCC[C@@H](c2cnc(-c3cncnc3)cn2)C1. The number of hydrogen-bond donors (Lipinski definition) is 0. The van der Waals surface area contributed by atoms with E-state index in [0.717, 1.165) is 24.1 Å². The Labute approximate surface area is 129 Å². The smallest absolute Gasteiger partial charge is 0.211 e. The Bertz CT molecular complexity index is 734. The molecule has 0 saturated carbocycles. The number of piperidine rings is 1. The van der Waals surface area contributed by atoms with E-state index in [2.05, 4.69) is 19.9 Å². The van der Waals surface area contributed by atoms with Crippen molar-refractivity contribution in [2.45, 2.75) is 18.8 Å². The van der Waals surface area contributed by atoms with Crippen LogP contribution in [0.3, 0.4) is 0 Å². The third-order valence-electron chi connectivity index (χ3n) is 3.80. The van der Waals surface area contributed by atoms with Gasteiger partial charge in [-0.1, -0.05) is 0 Å². The minimum Gasteiger partial charge on any atom is -0.257 e. The molecule has 0 radical (unpaired) electrons. The monoisotopic (exact) mass is 319 g/mol. The second-order valence-electron chi connectivity index (χ2n) is 5.41. The van der Waals surface area contributed by atoms with Crippen molar-refractivity contribution < 1.29 is 8.42 Å². The maximum Gasteiger partial charge on any atom is 0.211 e. The van der Waals surface area contributed by atoms with Gasteiger partial charge in [0.2, 0.25) is 10.0 Å². The van der Waals surface area contributed by atoms with E-state index in [9.17, 15) is 8.42 Å². The van der Waals surface area contributed by atoms with Gasteiger partial charge in [-0.15, -0.1) is 0 Å². The zero-order valence-corrected chi connectivity index (χ0v) is 13.1. The summed E-state index contributed by atoms with van der Waals surface area (Å²) in [5, 5.41) is 0. The highest BCUT2D eigenvalue weighted by molar-refractivity contribution is 7.88. The standard InChI is InChI=1S/C14H17N5O2S/c1-22(20,21)19-4-2-3-11(9-19)13-7-18-14(8-17-13)12-5-15-10-16-6-12/h5-8,10-11H,2-4,9H2,1H3/t11-/m1/s1. The van der Waals surface area contributed by atoms with Gasteiger partial charge >= 0.3 is 0 Å². The molecule has 0 spiro atoms. The summed E-state index contributed by atoms with van der Waals surface area (Å²) in [6.45, 7) is 1.06. The molecular weight excluding hydrogens is 302 g/mol. The number of aromatic nitrogens is 4. The third kappa shape index (κ3) is 3.28. The Morgan fingerprint density at radius 1 is 1.14 bits per heavy atom. The first-order valence-corrected chi connectivity index (χ1v) is 8.91. The topological polar surface area (TPSA) is 88.9 Å². The van der Waals surface area contributed by atoms with E-state index in [1.807, 2.05) is 0 Å². The van der Waals surface area contributed by atoms with Crippen molar-refractivity contribution in [3.8, 4) is 11.3 Å². The van der Waals surface area contributed by atoms with Gasteiger partial charge < -0.3 is 0 Å². The van der Waals surface area contributed by atoms with Crippen molar-refractivity contribution in [2.24, 2.45) is 0 Å². The molecule has 2 aromatic rings. The first kappa shape index (κ1) is 15.0. The second kappa shape index (κ2) is 6.05. The van der Waals surface area contributed by atoms with Crippen LogP contribution in [0.1, 0.15) is 24.5 Å². The molecule has 0 unspecified atom stereocenters. The highest BCUT2D eigenvalue weighted by atomic mass is 32.2. The number of rotatable bonds is 3. The lowest BCUT2D eigenvalue weighted by atomic mass is 9.96. The fourth-order valence-electron chi connectivity index (χ4n) is 2.61. The van der Waals surface area contributed by atoms with Crippen molar-refractivity contribution in [1.82, 2.24) is 24.2 Å². The van der Waals surface area contributed by atoms with Gasteiger partial charge in [0.1, 0.15) is 6.33 Å². The zero-order valence-electron chi connectivity index (χ0n) is 12.3. The van der Waals surface area contributed by atoms with E-state index < -0.39 is 10.0 Å². The van der Waals surface area contributed by atoms with E-state index in [1.165, 1.54) is 16.9 Å². The van der Waals surface area contributed by atoms with Crippen LogP contribution in [0, 0.1) is 0 Å². The Morgan fingerprint density at radius 3 is 2.55 bits per heavy atom. The molecule has 8 heteroatoms. The number of hydrogen-bond acceptors (Lipinski definition) is 6. The minimum atomic E-state index is -3.15. The molecular formula is C14H17N5O2S. The lowest BCUT2D eigenvalue weighted by molar-refractivity contribution is 0.314. The Balaban J connectivity index is 1.78. The van der Waals surface area contributed by atoms with Crippen LogP contribution in [-0.4, -0.2) is 52.0 Å². The summed E-state index contributed by atoms with van der Waals surface area (Å²) in [6, 6.07) is 0. The molecule has 116 valence electrons. The van der Waals surface area contributed by atoms with Crippen LogP contribution >= 0.6 is 0 Å². The van der Waals surface area contributed by atoms with Crippen LogP contribution in [0.15, 0.2) is 31.1 Å². The summed E-state index contributed by atoms with van der Waals surface area (Å²) >= 11 is 0. The van der Waals surface area contributed by atoms with E-state index in [4.69, 9.17) is 0 Å². The first-order valence-electron chi connectivity index (χ1n) is 7.06. The van der Waals surface area contributed by atoms with Gasteiger partial charge in [0.05, 0.1) is 23.8 Å². The van der Waals surface area contributed by atoms with E-state index in [0.29, 0.717) is 18.8 Å². The van der Waals surface area contributed by atoms with E-state index >= 15 is 0 Å². The van der Waals surface area contributed by atoms with Crippen molar-refractivity contribution in [2.75, 3.05) is 19.3 Å². The zero-order chi connectivity index (χ0) is 15.6. The molecule has 3 heterocycles. The Morgan fingerprint density at radius 2 is 1.91 bits per heavy atom. The molecule has 0 aromatic carbocycles. The maximum absolute atomic E-state index is 11.7. The quantitative estimate of drug-likeness (QED) is 0.841. The summed E-state index contributed by atoms with van der Waals surface area (Å²) < 4.78 is 24.9. The first-order chi connectivity index (χ1) is 10.5. The number of nitrogens with zero attached hydrogens (tertiary/aromatic N) is 5. The second-order valence-corrected chi connectivity index (χ2v) is 7.40. The van der Waals surface area contributed by atoms with Crippen LogP contribution in [0.5, 0.6) is 0 Å². The molecule has 22 heavy (non-hydrogen) atoms. The molecule has 0 N–H and O–H groups in total. The fourth-order valence-corrected chi connectivity index (χ4v) is 3.53. The van der Waals surface area contributed by atoms with Crippen LogP contribution in [0.2, 0.25) is 0 Å². The lowest BCUT2D eigenvalue weighted by Gasteiger charge is -2.30. The largest absolute Gasteiger partial charge is 0.257 e. The summed E-state index contributed by atoms with van der Waals surface area (Å²) in [5.41, 5.74) is 2.34. The molecule has 0 bridgehead atoms. The van der Waals surface area contributed by atoms with Gasteiger partial charge in [-0.3, -0.25) is 9.97 Å². The molecule has 1 atom stereocenters. The predicted molar refractivity (Wildman–Crippen MR) is 81.4 cm³/mol. The Hall–Kier alpha value is -1.93. The third-order valence-corrected chi connectivity index (χ3v) is 5.07. The molecule has 1 aliphatic heterocycles. The highest BCUT2D eigenvalue weighted by Gasteiger charge is 2.27. The van der Waals surface area contributed by atoms with Gasteiger partial charge in [0.25, 0.3) is 0 Å². The lowest BCUT2D eigenvalue weighted by Crippen LogP contribution is -2.38. The number of sulfonamides is 1. The van der Waals surface area contributed by atoms with Crippen molar-refractivity contribution in [1.29, 1.82) is 0 Å².